The zero-order valence-electron chi connectivity index (χ0n) is 10.8. The Balaban J connectivity index is 2.32. The summed E-state index contributed by atoms with van der Waals surface area (Å²) in [5.74, 6) is -0.820. The van der Waals surface area contributed by atoms with Crippen molar-refractivity contribution in [2.45, 2.75) is 28.9 Å². The first kappa shape index (κ1) is 14.0. The molecule has 2 aromatic rings. The lowest BCUT2D eigenvalue weighted by Gasteiger charge is -2.11. The van der Waals surface area contributed by atoms with Crippen molar-refractivity contribution in [3.05, 3.63) is 47.3 Å². The number of thiophene rings is 1. The predicted molar refractivity (Wildman–Crippen MR) is 79.0 cm³/mol. The largest absolute Gasteiger partial charge is 0.299 e. The maximum Gasteiger partial charge on any atom is 0.144 e. The molecule has 0 N–H and O–H groups in total. The highest BCUT2D eigenvalue weighted by Crippen LogP contribution is 2.38. The van der Waals surface area contributed by atoms with Crippen molar-refractivity contribution in [2.75, 3.05) is 0 Å². The van der Waals surface area contributed by atoms with Crippen LogP contribution in [0.5, 0.6) is 0 Å². The Morgan fingerprint density at radius 3 is 2.26 bits per heavy atom. The van der Waals surface area contributed by atoms with Crippen LogP contribution >= 0.6 is 23.1 Å². The summed E-state index contributed by atoms with van der Waals surface area (Å²) in [7, 11) is 0. The molecule has 1 aromatic carbocycles. The number of rotatable bonds is 5. The molecule has 0 saturated carbocycles. The highest BCUT2D eigenvalue weighted by atomic mass is 32.2. The fourth-order valence-corrected chi connectivity index (χ4v) is 4.04. The molecular weight excluding hydrogens is 276 g/mol. The van der Waals surface area contributed by atoms with Crippen molar-refractivity contribution >= 4 is 34.7 Å². The summed E-state index contributed by atoms with van der Waals surface area (Å²) >= 11 is 3.16. The molecule has 0 saturated heterocycles. The molecule has 98 valence electrons. The fourth-order valence-electron chi connectivity index (χ4n) is 1.92. The number of ketones is 2. The van der Waals surface area contributed by atoms with Gasteiger partial charge in [-0.2, -0.15) is 0 Å². The van der Waals surface area contributed by atoms with Gasteiger partial charge in [0.15, 0.2) is 0 Å². The van der Waals surface area contributed by atoms with Crippen LogP contribution in [0.4, 0.5) is 0 Å². The minimum absolute atomic E-state index is 0.0965. The van der Waals surface area contributed by atoms with Crippen LogP contribution in [0.3, 0.4) is 0 Å². The van der Waals surface area contributed by atoms with Gasteiger partial charge in [-0.25, -0.2) is 0 Å². The maximum absolute atomic E-state index is 11.7. The van der Waals surface area contributed by atoms with Gasteiger partial charge in [0.05, 0.1) is 4.21 Å². The van der Waals surface area contributed by atoms with Gasteiger partial charge in [-0.3, -0.25) is 9.59 Å². The topological polar surface area (TPSA) is 34.1 Å². The van der Waals surface area contributed by atoms with Crippen LogP contribution in [0.2, 0.25) is 0 Å². The molecule has 19 heavy (non-hydrogen) atoms. The minimum atomic E-state index is -0.627. The monoisotopic (exact) mass is 290 g/mol. The van der Waals surface area contributed by atoms with Crippen LogP contribution in [-0.4, -0.2) is 11.6 Å². The van der Waals surface area contributed by atoms with Gasteiger partial charge in [0, 0.05) is 4.90 Å². The van der Waals surface area contributed by atoms with Crippen LogP contribution < -0.4 is 0 Å². The number of hydrogen-bond acceptors (Lipinski definition) is 4. The first-order valence-electron chi connectivity index (χ1n) is 5.91. The molecule has 4 heteroatoms. The van der Waals surface area contributed by atoms with Crippen LogP contribution in [-0.2, 0) is 9.59 Å². The molecule has 0 bridgehead atoms. The van der Waals surface area contributed by atoms with E-state index in [4.69, 9.17) is 0 Å². The summed E-state index contributed by atoms with van der Waals surface area (Å²) in [6.45, 7) is 2.95. The van der Waals surface area contributed by atoms with E-state index >= 15 is 0 Å². The summed E-state index contributed by atoms with van der Waals surface area (Å²) < 4.78 is 1.02. The molecule has 0 aliphatic heterocycles. The Morgan fingerprint density at radius 2 is 1.68 bits per heavy atom. The van der Waals surface area contributed by atoms with E-state index in [-0.39, 0.29) is 11.6 Å². The van der Waals surface area contributed by atoms with Crippen molar-refractivity contribution in [1.29, 1.82) is 0 Å². The molecule has 0 spiro atoms. The van der Waals surface area contributed by atoms with Gasteiger partial charge in [0.1, 0.15) is 17.5 Å². The van der Waals surface area contributed by atoms with Gasteiger partial charge in [-0.15, -0.1) is 11.3 Å². The van der Waals surface area contributed by atoms with Crippen molar-refractivity contribution in [2.24, 2.45) is 0 Å². The minimum Gasteiger partial charge on any atom is -0.299 e. The standard InChI is InChI=1S/C15H14O2S2/c1-10(16)14(11(2)17)13-8-9-18-15(13)19-12-6-4-3-5-7-12/h3-9,14H,1-2H3. The average molecular weight is 290 g/mol. The van der Waals surface area contributed by atoms with Crippen LogP contribution in [0.25, 0.3) is 0 Å². The molecule has 0 fully saturated rings. The number of hydrogen-bond donors (Lipinski definition) is 0. The van der Waals surface area contributed by atoms with Crippen molar-refractivity contribution < 1.29 is 9.59 Å². The number of carbonyl (C=O) groups excluding carboxylic acids is 2. The third-order valence-corrected chi connectivity index (χ3v) is 4.93. The Hall–Kier alpha value is -1.39. The number of carbonyl (C=O) groups is 2. The predicted octanol–water partition coefficient (Wildman–Crippen LogP) is 4.16. The first-order chi connectivity index (χ1) is 9.09. The van der Waals surface area contributed by atoms with E-state index in [0.717, 1.165) is 14.7 Å². The van der Waals surface area contributed by atoms with Crippen LogP contribution in [0.15, 0.2) is 50.9 Å². The molecular formula is C15H14O2S2. The first-order valence-corrected chi connectivity index (χ1v) is 7.60. The van der Waals surface area contributed by atoms with E-state index in [0.29, 0.717) is 0 Å². The van der Waals surface area contributed by atoms with Gasteiger partial charge in [0.25, 0.3) is 0 Å². The van der Waals surface area contributed by atoms with Crippen molar-refractivity contribution in [3.63, 3.8) is 0 Å². The fraction of sp³-hybridized carbons (Fsp3) is 0.200. The molecule has 1 heterocycles. The second-order valence-corrected chi connectivity index (χ2v) is 6.49. The highest BCUT2D eigenvalue weighted by molar-refractivity contribution is 8.01. The summed E-state index contributed by atoms with van der Waals surface area (Å²) in [6, 6.07) is 11.8. The summed E-state index contributed by atoms with van der Waals surface area (Å²) in [5, 5.41) is 1.93. The van der Waals surface area contributed by atoms with Gasteiger partial charge in [0.2, 0.25) is 0 Å². The number of Topliss-reactive ketones (excluding diaryl/α,β-unsaturated/α-hetero) is 2. The van der Waals surface area contributed by atoms with Gasteiger partial charge in [-0.1, -0.05) is 30.0 Å². The van der Waals surface area contributed by atoms with Gasteiger partial charge >= 0.3 is 0 Å². The maximum atomic E-state index is 11.7. The summed E-state index contributed by atoms with van der Waals surface area (Å²) in [4.78, 5) is 24.4. The van der Waals surface area contributed by atoms with Crippen LogP contribution in [0.1, 0.15) is 25.3 Å². The molecule has 0 amide bonds. The molecule has 1 aromatic heterocycles. The molecule has 0 aliphatic carbocycles. The normalized spacial score (nSPS) is 10.7. The van der Waals surface area contributed by atoms with Crippen LogP contribution in [0, 0.1) is 0 Å². The van der Waals surface area contributed by atoms with E-state index in [1.54, 1.807) is 23.1 Å². The van der Waals surface area contributed by atoms with Gasteiger partial charge in [-0.05, 0) is 43.0 Å². The second kappa shape index (κ2) is 6.17. The highest BCUT2D eigenvalue weighted by Gasteiger charge is 2.25. The average Bonchev–Trinajstić information content (AvgIpc) is 2.78. The molecule has 0 unspecified atom stereocenters. The zero-order valence-corrected chi connectivity index (χ0v) is 12.4. The molecule has 0 aliphatic rings. The molecule has 2 rings (SSSR count). The molecule has 0 atom stereocenters. The lowest BCUT2D eigenvalue weighted by molar-refractivity contribution is -0.126. The summed E-state index contributed by atoms with van der Waals surface area (Å²) in [6.07, 6.45) is 0. The van der Waals surface area contributed by atoms with E-state index in [9.17, 15) is 9.59 Å². The Labute approximate surface area is 120 Å². The van der Waals surface area contributed by atoms with E-state index < -0.39 is 5.92 Å². The smallest absolute Gasteiger partial charge is 0.144 e. The Kier molecular flexibility index (Phi) is 4.56. The Morgan fingerprint density at radius 1 is 1.05 bits per heavy atom. The van der Waals surface area contributed by atoms with Gasteiger partial charge < -0.3 is 0 Å². The quantitative estimate of drug-likeness (QED) is 0.775. The Bertz CT molecular complexity index is 573. The zero-order chi connectivity index (χ0) is 13.8. The lowest BCUT2D eigenvalue weighted by atomic mass is 9.94. The van der Waals surface area contributed by atoms with E-state index in [1.807, 2.05) is 41.8 Å². The van der Waals surface area contributed by atoms with Crippen molar-refractivity contribution in [3.8, 4) is 0 Å². The lowest BCUT2D eigenvalue weighted by Crippen LogP contribution is -2.16. The third-order valence-electron chi connectivity index (χ3n) is 2.74. The number of benzene rings is 1. The van der Waals surface area contributed by atoms with E-state index in [1.165, 1.54) is 13.8 Å². The molecule has 0 radical (unpaired) electrons. The molecule has 2 nitrogen and oxygen atoms in total. The van der Waals surface area contributed by atoms with Crippen molar-refractivity contribution in [1.82, 2.24) is 0 Å². The third kappa shape index (κ3) is 3.33. The summed E-state index contributed by atoms with van der Waals surface area (Å²) in [5.41, 5.74) is 0.832. The van der Waals surface area contributed by atoms with E-state index in [2.05, 4.69) is 0 Å². The second-order valence-electron chi connectivity index (χ2n) is 4.23. The SMILES string of the molecule is CC(=O)C(C(C)=O)c1ccsc1Sc1ccccc1.